The first-order chi connectivity index (χ1) is 13.8. The van der Waals surface area contributed by atoms with Crippen molar-refractivity contribution in [2.24, 2.45) is 0 Å². The van der Waals surface area contributed by atoms with Crippen LogP contribution < -0.4 is 15.0 Å². The lowest BCUT2D eigenvalue weighted by Gasteiger charge is -2.24. The maximum Gasteiger partial charge on any atom is 0.291 e. The van der Waals surface area contributed by atoms with E-state index >= 15 is 0 Å². The first-order valence-corrected chi connectivity index (χ1v) is 9.87. The highest BCUT2D eigenvalue weighted by Gasteiger charge is 2.28. The Morgan fingerprint density at radius 3 is 2.79 bits per heavy atom. The van der Waals surface area contributed by atoms with E-state index in [1.807, 2.05) is 19.9 Å². The molecule has 0 saturated carbocycles. The predicted molar refractivity (Wildman–Crippen MR) is 112 cm³/mol. The molecule has 0 spiro atoms. The summed E-state index contributed by atoms with van der Waals surface area (Å²) in [4.78, 5) is 29.2. The molecule has 0 aromatic carbocycles. The molecule has 1 aliphatic rings. The minimum absolute atomic E-state index is 0.136. The van der Waals surface area contributed by atoms with Crippen LogP contribution in [-0.2, 0) is 0 Å². The van der Waals surface area contributed by atoms with Gasteiger partial charge < -0.3 is 19.9 Å². The zero-order valence-electron chi connectivity index (χ0n) is 18.1. The van der Waals surface area contributed by atoms with Crippen molar-refractivity contribution in [1.29, 1.82) is 0 Å². The molecule has 1 unspecified atom stereocenters. The number of nitrogens with zero attached hydrogens (tertiary/aromatic N) is 5. The molecule has 2 atom stereocenters. The average Bonchev–Trinajstić information content (AvgIpc) is 3.17. The smallest absolute Gasteiger partial charge is 0.291 e. The summed E-state index contributed by atoms with van der Waals surface area (Å²) in [6, 6.07) is 2.43. The summed E-state index contributed by atoms with van der Waals surface area (Å²) in [5.74, 6) is 1.71. The first kappa shape index (κ1) is 21.0. The van der Waals surface area contributed by atoms with Gasteiger partial charge in [0, 0.05) is 62.3 Å². The highest BCUT2D eigenvalue weighted by Crippen LogP contribution is 2.27. The van der Waals surface area contributed by atoms with Gasteiger partial charge in [0.25, 0.3) is 5.91 Å². The molecule has 1 aliphatic heterocycles. The van der Waals surface area contributed by atoms with Gasteiger partial charge in [0.2, 0.25) is 5.82 Å². The van der Waals surface area contributed by atoms with E-state index in [4.69, 9.17) is 4.74 Å². The number of carbonyl (C=O) groups is 1. The van der Waals surface area contributed by atoms with E-state index in [1.54, 1.807) is 33.6 Å². The molecule has 29 heavy (non-hydrogen) atoms. The number of nitrogens with one attached hydrogen (secondary N) is 1. The number of methoxy groups -OCH3 is 1. The van der Waals surface area contributed by atoms with Gasteiger partial charge in [-0.25, -0.2) is 9.97 Å². The van der Waals surface area contributed by atoms with Gasteiger partial charge in [-0.15, -0.1) is 0 Å². The molecule has 1 saturated heterocycles. The monoisotopic (exact) mass is 398 g/mol. The lowest BCUT2D eigenvalue weighted by Crippen LogP contribution is -2.35. The third-order valence-electron chi connectivity index (χ3n) is 5.44. The average molecular weight is 399 g/mol. The van der Waals surface area contributed by atoms with Gasteiger partial charge in [0.1, 0.15) is 11.6 Å². The Hall–Kier alpha value is -2.74. The Labute approximate surface area is 172 Å². The Kier molecular flexibility index (Phi) is 6.32. The molecular weight excluding hydrogens is 368 g/mol. The third-order valence-corrected chi connectivity index (χ3v) is 5.44. The molecule has 2 aromatic rings. The number of rotatable bonds is 6. The summed E-state index contributed by atoms with van der Waals surface area (Å²) in [5.41, 5.74) is 2.95. The van der Waals surface area contributed by atoms with Gasteiger partial charge >= 0.3 is 0 Å². The van der Waals surface area contributed by atoms with E-state index in [1.165, 1.54) is 4.90 Å². The largest absolute Gasteiger partial charge is 0.495 e. The summed E-state index contributed by atoms with van der Waals surface area (Å²) >= 11 is 0. The van der Waals surface area contributed by atoms with Gasteiger partial charge in [0.15, 0.2) is 0 Å². The van der Waals surface area contributed by atoms with Crippen LogP contribution in [0, 0.1) is 13.8 Å². The lowest BCUT2D eigenvalue weighted by molar-refractivity contribution is 0.0815. The maximum absolute atomic E-state index is 12.4. The van der Waals surface area contributed by atoms with Crippen LogP contribution >= 0.6 is 0 Å². The molecule has 0 bridgehead atoms. The highest BCUT2D eigenvalue weighted by molar-refractivity contribution is 5.90. The Morgan fingerprint density at radius 2 is 2.10 bits per heavy atom. The van der Waals surface area contributed by atoms with Crippen LogP contribution in [0.1, 0.15) is 46.8 Å². The van der Waals surface area contributed by atoms with Crippen LogP contribution in [0.3, 0.4) is 0 Å². The summed E-state index contributed by atoms with van der Waals surface area (Å²) in [6.45, 7) is 7.78. The van der Waals surface area contributed by atoms with Gasteiger partial charge in [-0.2, -0.15) is 0 Å². The van der Waals surface area contributed by atoms with Crippen molar-refractivity contribution in [2.45, 2.75) is 39.3 Å². The molecule has 0 radical (unpaired) electrons. The van der Waals surface area contributed by atoms with Gasteiger partial charge in [-0.05, 0) is 33.3 Å². The summed E-state index contributed by atoms with van der Waals surface area (Å²) < 4.78 is 5.44. The second-order valence-electron chi connectivity index (χ2n) is 7.72. The molecule has 0 aliphatic carbocycles. The SMILES string of the molecule is COc1cnccc1C(C)N[C@@H]1CCN(c2nc(C(=O)N(C)C)nc(C)c2C)C1. The fraction of sp³-hybridized carbons (Fsp3) is 0.524. The molecule has 8 heteroatoms. The van der Waals surface area contributed by atoms with Crippen LogP contribution in [-0.4, -0.2) is 66.1 Å². The van der Waals surface area contributed by atoms with Crippen LogP contribution in [0.5, 0.6) is 5.75 Å². The fourth-order valence-electron chi connectivity index (χ4n) is 3.67. The van der Waals surface area contributed by atoms with Crippen molar-refractivity contribution in [2.75, 3.05) is 39.2 Å². The van der Waals surface area contributed by atoms with Crippen molar-refractivity contribution >= 4 is 11.7 Å². The molecule has 3 heterocycles. The van der Waals surface area contributed by atoms with Crippen LogP contribution in [0.25, 0.3) is 0 Å². The Bertz CT molecular complexity index is 885. The maximum atomic E-state index is 12.4. The van der Waals surface area contributed by atoms with Crippen molar-refractivity contribution in [1.82, 2.24) is 25.2 Å². The number of carbonyl (C=O) groups excluding carboxylic acids is 1. The van der Waals surface area contributed by atoms with Crippen molar-refractivity contribution in [3.8, 4) is 5.75 Å². The number of hydrogen-bond acceptors (Lipinski definition) is 7. The van der Waals surface area contributed by atoms with Crippen LogP contribution in [0.4, 0.5) is 5.82 Å². The molecule has 2 aromatic heterocycles. The minimum atomic E-state index is -0.179. The minimum Gasteiger partial charge on any atom is -0.495 e. The molecule has 3 rings (SSSR count). The molecule has 1 N–H and O–H groups in total. The number of aromatic nitrogens is 3. The second kappa shape index (κ2) is 8.73. The first-order valence-electron chi connectivity index (χ1n) is 9.87. The zero-order valence-corrected chi connectivity index (χ0v) is 18.1. The van der Waals surface area contributed by atoms with E-state index in [2.05, 4.69) is 32.1 Å². The molecular formula is C21H30N6O2. The number of pyridine rings is 1. The number of anilines is 1. The summed E-state index contributed by atoms with van der Waals surface area (Å²) in [6.07, 6.45) is 4.52. The van der Waals surface area contributed by atoms with Crippen molar-refractivity contribution in [3.05, 3.63) is 41.1 Å². The number of amides is 1. The van der Waals surface area contributed by atoms with Crippen LogP contribution in [0.2, 0.25) is 0 Å². The Morgan fingerprint density at radius 1 is 1.34 bits per heavy atom. The van der Waals surface area contributed by atoms with Crippen molar-refractivity contribution in [3.63, 3.8) is 0 Å². The molecule has 1 fully saturated rings. The normalized spacial score (nSPS) is 17.3. The predicted octanol–water partition coefficient (Wildman–Crippen LogP) is 2.13. The zero-order chi connectivity index (χ0) is 21.1. The molecule has 8 nitrogen and oxygen atoms in total. The van der Waals surface area contributed by atoms with Gasteiger partial charge in [-0.3, -0.25) is 9.78 Å². The highest BCUT2D eigenvalue weighted by atomic mass is 16.5. The van der Waals surface area contributed by atoms with Crippen molar-refractivity contribution < 1.29 is 9.53 Å². The standard InChI is InChI=1S/C21H30N6O2/c1-13-14(2)24-19(21(28)26(4)5)25-20(13)27-10-8-16(12-27)23-15(3)17-7-9-22-11-18(17)29-6/h7,9,11,15-16,23H,8,10,12H2,1-6H3/t15?,16-/m1/s1. The van der Waals surface area contributed by atoms with E-state index in [9.17, 15) is 4.79 Å². The fourth-order valence-corrected chi connectivity index (χ4v) is 3.67. The molecule has 156 valence electrons. The lowest BCUT2D eigenvalue weighted by atomic mass is 10.1. The number of ether oxygens (including phenoxy) is 1. The summed E-state index contributed by atoms with van der Waals surface area (Å²) in [7, 11) is 5.09. The van der Waals surface area contributed by atoms with Gasteiger partial charge in [0.05, 0.1) is 13.3 Å². The van der Waals surface area contributed by atoms with E-state index in [0.29, 0.717) is 6.04 Å². The number of aryl methyl sites for hydroxylation is 1. The number of hydrogen-bond donors (Lipinski definition) is 1. The van der Waals surface area contributed by atoms with E-state index < -0.39 is 0 Å². The molecule has 1 amide bonds. The van der Waals surface area contributed by atoms with E-state index in [0.717, 1.165) is 47.9 Å². The van der Waals surface area contributed by atoms with Crippen LogP contribution in [0.15, 0.2) is 18.5 Å². The second-order valence-corrected chi connectivity index (χ2v) is 7.72. The Balaban J connectivity index is 1.75. The topological polar surface area (TPSA) is 83.5 Å². The van der Waals surface area contributed by atoms with Gasteiger partial charge in [-0.1, -0.05) is 0 Å². The third kappa shape index (κ3) is 4.48. The summed E-state index contributed by atoms with van der Waals surface area (Å²) in [5, 5.41) is 3.69. The quantitative estimate of drug-likeness (QED) is 0.798. The van der Waals surface area contributed by atoms with E-state index in [-0.39, 0.29) is 17.8 Å².